The maximum absolute atomic E-state index is 14.9. The molecule has 0 radical (unpaired) electrons. The van der Waals surface area contributed by atoms with Crippen LogP contribution >= 0.6 is 0 Å². The topological polar surface area (TPSA) is 281 Å². The maximum atomic E-state index is 14.9. The average Bonchev–Trinajstić information content (AvgIpc) is 4.15. The molecule has 9 rings (SSSR count). The molecule has 16 heteroatoms. The highest BCUT2D eigenvalue weighted by Gasteiger charge is 2.76. The number of unbranched alkanes of at least 4 members (excludes halogenated alkanes) is 2. The molecule has 21 atom stereocenters. The number of aromatic nitrogens is 2. The SMILES string of the molecule is CCCCC[C@H]1C[C@@]2(C(=O)O)CC[C@](C)(CO)C[C@H]2C2=CC[C@@H]3[C@]4(C)[C@H](CC[C@@]3(C)[C@@]21C)[C@](C)([C@H](O)CO)[C@H](O[C@@H]1OC[C@@H](O)[C@H](O)[C@H]1O)[C@H](O)[C@H]4C[C@@H]1[C@@H]([C@H](CCCN)c2cnc[nH]2)NC(=O)C12CCCC2. The van der Waals surface area contributed by atoms with E-state index in [1.165, 1.54) is 5.57 Å². The van der Waals surface area contributed by atoms with Crippen molar-refractivity contribution in [3.8, 4) is 0 Å². The average molecular weight is 1030 g/mol. The van der Waals surface area contributed by atoms with Gasteiger partial charge in [0.1, 0.15) is 18.3 Å². The number of aliphatic hydroxyl groups excluding tert-OH is 7. The minimum atomic E-state index is -1.68. The molecule has 73 heavy (non-hydrogen) atoms. The van der Waals surface area contributed by atoms with Gasteiger partial charge in [0.2, 0.25) is 5.91 Å². The van der Waals surface area contributed by atoms with Gasteiger partial charge in [-0.05, 0) is 147 Å². The number of imidazole rings is 1. The summed E-state index contributed by atoms with van der Waals surface area (Å²) in [6.07, 6.45) is 8.74. The van der Waals surface area contributed by atoms with E-state index in [0.717, 1.165) is 44.2 Å². The summed E-state index contributed by atoms with van der Waals surface area (Å²) in [7, 11) is 0. The monoisotopic (exact) mass is 1020 g/mol. The van der Waals surface area contributed by atoms with Gasteiger partial charge in [0.15, 0.2) is 6.29 Å². The van der Waals surface area contributed by atoms with Crippen LogP contribution in [0.5, 0.6) is 0 Å². The third-order valence-corrected chi connectivity index (χ3v) is 23.4. The van der Waals surface area contributed by atoms with Crippen molar-refractivity contribution < 1.29 is 59.9 Å². The molecule has 0 bridgehead atoms. The Labute approximate surface area is 433 Å². The van der Waals surface area contributed by atoms with E-state index >= 15 is 0 Å². The lowest BCUT2D eigenvalue weighted by Gasteiger charge is -2.75. The van der Waals surface area contributed by atoms with Crippen molar-refractivity contribution in [3.63, 3.8) is 0 Å². The molecule has 1 spiro atoms. The number of ether oxygens (including phenoxy) is 2. The highest BCUT2D eigenvalue weighted by Crippen LogP contribution is 2.79. The van der Waals surface area contributed by atoms with Gasteiger partial charge in [-0.2, -0.15) is 0 Å². The third-order valence-electron chi connectivity index (χ3n) is 23.4. The van der Waals surface area contributed by atoms with Crippen LogP contribution in [0.1, 0.15) is 169 Å². The van der Waals surface area contributed by atoms with Crippen LogP contribution in [0.15, 0.2) is 24.2 Å². The van der Waals surface area contributed by atoms with Gasteiger partial charge in [0, 0.05) is 35.9 Å². The lowest BCUT2D eigenvalue weighted by atomic mass is 9.30. The van der Waals surface area contributed by atoms with Gasteiger partial charge in [-0.15, -0.1) is 0 Å². The van der Waals surface area contributed by atoms with E-state index in [0.29, 0.717) is 83.6 Å². The number of carboxylic acid groups (broad SMARTS) is 1. The highest BCUT2D eigenvalue weighted by atomic mass is 16.7. The number of hydrogen-bond acceptors (Lipinski definition) is 13. The first-order chi connectivity index (χ1) is 34.6. The molecular formula is C57H92N4O12. The fraction of sp³-hybridized carbons (Fsp3) is 0.877. The number of carbonyl (C=O) groups is 2. The van der Waals surface area contributed by atoms with E-state index in [1.807, 2.05) is 13.1 Å². The van der Waals surface area contributed by atoms with Crippen LogP contribution in [0.3, 0.4) is 0 Å². The zero-order chi connectivity index (χ0) is 52.7. The number of carboxylic acids is 1. The van der Waals surface area contributed by atoms with Crippen molar-refractivity contribution in [2.45, 2.75) is 212 Å². The number of aliphatic hydroxyl groups is 7. The zero-order valence-electron chi connectivity index (χ0n) is 44.7. The molecule has 2 aliphatic heterocycles. The van der Waals surface area contributed by atoms with Crippen LogP contribution in [0.4, 0.5) is 0 Å². The Morgan fingerprint density at radius 3 is 2.33 bits per heavy atom. The number of rotatable bonds is 17. The van der Waals surface area contributed by atoms with E-state index in [-0.39, 0.29) is 54.8 Å². The molecule has 3 heterocycles. The second kappa shape index (κ2) is 20.4. The van der Waals surface area contributed by atoms with Crippen molar-refractivity contribution >= 4 is 11.9 Å². The Morgan fingerprint density at radius 2 is 1.68 bits per heavy atom. The van der Waals surface area contributed by atoms with Gasteiger partial charge < -0.3 is 66.4 Å². The Bertz CT molecular complexity index is 2160. The van der Waals surface area contributed by atoms with E-state index in [2.05, 4.69) is 56.0 Å². The number of nitrogens with zero attached hydrogens (tertiary/aromatic N) is 1. The minimum Gasteiger partial charge on any atom is -0.481 e. The number of nitrogens with one attached hydrogen (secondary N) is 2. The summed E-state index contributed by atoms with van der Waals surface area (Å²) in [6.45, 7) is 12.8. The normalized spacial score (nSPS) is 46.9. The van der Waals surface area contributed by atoms with Crippen molar-refractivity contribution in [1.82, 2.24) is 15.3 Å². The number of allylic oxidation sites excluding steroid dienone is 2. The predicted octanol–water partition coefficient (Wildman–Crippen LogP) is 5.32. The van der Waals surface area contributed by atoms with Gasteiger partial charge in [0.05, 0.1) is 48.7 Å². The Kier molecular flexibility index (Phi) is 15.4. The predicted molar refractivity (Wildman–Crippen MR) is 272 cm³/mol. The van der Waals surface area contributed by atoms with Crippen LogP contribution in [0.25, 0.3) is 0 Å². The summed E-state index contributed by atoms with van der Waals surface area (Å²) < 4.78 is 12.7. The van der Waals surface area contributed by atoms with Crippen LogP contribution < -0.4 is 11.1 Å². The van der Waals surface area contributed by atoms with Crippen LogP contribution in [-0.2, 0) is 19.1 Å². The molecule has 1 aromatic rings. The smallest absolute Gasteiger partial charge is 0.310 e. The molecule has 6 aliphatic carbocycles. The third kappa shape index (κ3) is 8.28. The fourth-order valence-corrected chi connectivity index (χ4v) is 19.1. The van der Waals surface area contributed by atoms with Crippen molar-refractivity contribution in [2.75, 3.05) is 26.4 Å². The number of amides is 1. The lowest BCUT2D eigenvalue weighted by molar-refractivity contribution is -0.349. The number of aliphatic carboxylic acids is 1. The first-order valence-electron chi connectivity index (χ1n) is 28.5. The van der Waals surface area contributed by atoms with Crippen LogP contribution in [-0.4, -0.2) is 138 Å². The highest BCUT2D eigenvalue weighted by molar-refractivity contribution is 5.86. The Morgan fingerprint density at radius 1 is 0.945 bits per heavy atom. The number of hydrogen-bond donors (Lipinski definition) is 11. The molecule has 1 amide bonds. The molecule has 2 saturated heterocycles. The molecule has 7 fully saturated rings. The molecule has 5 saturated carbocycles. The van der Waals surface area contributed by atoms with E-state index in [4.69, 9.17) is 15.2 Å². The van der Waals surface area contributed by atoms with Gasteiger partial charge in [-0.3, -0.25) is 9.59 Å². The van der Waals surface area contributed by atoms with Crippen LogP contribution in [0.2, 0.25) is 0 Å². The number of aromatic amines is 1. The van der Waals surface area contributed by atoms with Gasteiger partial charge in [-0.1, -0.05) is 85.3 Å². The number of carbonyl (C=O) groups excluding carboxylic acids is 1. The summed E-state index contributed by atoms with van der Waals surface area (Å²) in [5, 5.41) is 96.3. The molecular weight excluding hydrogens is 933 g/mol. The Hall–Kier alpha value is -2.51. The number of nitrogens with two attached hydrogens (primary N) is 1. The van der Waals surface area contributed by atoms with Crippen molar-refractivity contribution in [3.05, 3.63) is 29.9 Å². The quantitative estimate of drug-likeness (QED) is 0.0536. The van der Waals surface area contributed by atoms with E-state index in [9.17, 15) is 50.4 Å². The molecule has 12 N–H and O–H groups in total. The van der Waals surface area contributed by atoms with Crippen LogP contribution in [0, 0.1) is 73.4 Å². The molecule has 412 valence electrons. The Balaban J connectivity index is 1.24. The van der Waals surface area contributed by atoms with Crippen molar-refractivity contribution in [2.24, 2.45) is 79.1 Å². The van der Waals surface area contributed by atoms with Gasteiger partial charge in [-0.25, -0.2) is 4.98 Å². The molecule has 1 aromatic heterocycles. The van der Waals surface area contributed by atoms with E-state index in [1.54, 1.807) is 6.33 Å². The summed E-state index contributed by atoms with van der Waals surface area (Å²) in [5.41, 5.74) is 3.06. The minimum absolute atomic E-state index is 0.0196. The van der Waals surface area contributed by atoms with E-state index < -0.39 is 105 Å². The molecule has 16 nitrogen and oxygen atoms in total. The molecule has 0 aromatic carbocycles. The fourth-order valence-electron chi connectivity index (χ4n) is 19.1. The summed E-state index contributed by atoms with van der Waals surface area (Å²) in [6, 6.07) is -0.342. The number of fused-ring (bicyclic) bond motifs is 7. The lowest BCUT2D eigenvalue weighted by Crippen LogP contribution is -2.74. The van der Waals surface area contributed by atoms with Gasteiger partial charge in [0.25, 0.3) is 0 Å². The summed E-state index contributed by atoms with van der Waals surface area (Å²) in [4.78, 5) is 36.7. The van der Waals surface area contributed by atoms with Crippen molar-refractivity contribution in [1.29, 1.82) is 0 Å². The van der Waals surface area contributed by atoms with Gasteiger partial charge >= 0.3 is 5.97 Å². The first-order valence-corrected chi connectivity index (χ1v) is 28.5. The summed E-state index contributed by atoms with van der Waals surface area (Å²) in [5.74, 6) is -2.55. The second-order valence-corrected chi connectivity index (χ2v) is 26.3. The largest absolute Gasteiger partial charge is 0.481 e. The zero-order valence-corrected chi connectivity index (χ0v) is 44.7. The summed E-state index contributed by atoms with van der Waals surface area (Å²) >= 11 is 0. The molecule has 0 unspecified atom stereocenters. The maximum Gasteiger partial charge on any atom is 0.310 e. The standard InChI is InChI=1S/C57H92N4O12/c1-7-8-9-13-32-25-57(50(70)71)22-21-51(2,30-63)26-37(57)34-15-16-40-52(3,55(32,34)6)20-17-41-53(40,4)36(44(66)47(54(41,5)42(65)28-62)73-48-46(68)45(67)39(64)29-72-48)24-35-43(61-49(69)56(35)18-10-11-19-56)33(14-12-23-58)38-27-59-31-60-38/h15,27,31-33,35-37,39-48,62-68H,7-14,16-26,28-30,58H2,1-6H3,(H,59,60)(H,61,69)(H,70,71)/t32-,33+,35+,36+,37-,39+,40-,41-,42+,43+,44+,45-,46+,47+,48-,51-,52+,53+,54+,55+,57-/m0/s1. The second-order valence-electron chi connectivity index (χ2n) is 26.3. The first kappa shape index (κ1) is 55.3. The molecule has 8 aliphatic rings. The number of H-pyrrole nitrogens is 1.